The van der Waals surface area contributed by atoms with Crippen LogP contribution in [0.25, 0.3) is 0 Å². The summed E-state index contributed by atoms with van der Waals surface area (Å²) >= 11 is 0. The van der Waals surface area contributed by atoms with Gasteiger partial charge in [-0.05, 0) is 51.0 Å². The molecular formula is C15H28N2O2. The average Bonchev–Trinajstić information content (AvgIpc) is 2.84. The topological polar surface area (TPSA) is 50.4 Å². The highest BCUT2D eigenvalue weighted by molar-refractivity contribution is 5.76. The van der Waals surface area contributed by atoms with E-state index in [1.807, 2.05) is 6.92 Å². The van der Waals surface area contributed by atoms with Gasteiger partial charge < -0.3 is 15.4 Å². The number of hydrogen-bond acceptors (Lipinski definition) is 3. The van der Waals surface area contributed by atoms with Crippen molar-refractivity contribution >= 4 is 5.91 Å². The maximum atomic E-state index is 11.9. The van der Waals surface area contributed by atoms with Crippen LogP contribution in [0.4, 0.5) is 0 Å². The Hall–Kier alpha value is -0.610. The Morgan fingerprint density at radius 3 is 2.84 bits per heavy atom. The molecule has 2 rings (SSSR count). The predicted molar refractivity (Wildman–Crippen MR) is 76.0 cm³/mol. The highest BCUT2D eigenvalue weighted by Gasteiger charge is 2.36. The monoisotopic (exact) mass is 268 g/mol. The predicted octanol–water partition coefficient (Wildman–Crippen LogP) is 1.84. The molecule has 1 atom stereocenters. The molecule has 1 saturated heterocycles. The molecule has 1 saturated carbocycles. The van der Waals surface area contributed by atoms with E-state index in [9.17, 15) is 4.79 Å². The normalized spacial score (nSPS) is 25.0. The van der Waals surface area contributed by atoms with Crippen molar-refractivity contribution in [2.45, 2.75) is 57.9 Å². The third kappa shape index (κ3) is 4.46. The maximum absolute atomic E-state index is 11.9. The molecule has 1 aliphatic carbocycles. The summed E-state index contributed by atoms with van der Waals surface area (Å²) in [6.45, 7) is 5.55. The number of carbonyl (C=O) groups excluding carboxylic acids is 1. The van der Waals surface area contributed by atoms with Crippen molar-refractivity contribution in [1.82, 2.24) is 10.6 Å². The molecule has 19 heavy (non-hydrogen) atoms. The lowest BCUT2D eigenvalue weighted by molar-refractivity contribution is -0.122. The molecule has 0 aromatic rings. The van der Waals surface area contributed by atoms with Gasteiger partial charge in [-0.3, -0.25) is 4.79 Å². The highest BCUT2D eigenvalue weighted by Crippen LogP contribution is 2.43. The van der Waals surface area contributed by atoms with Crippen LogP contribution in [0.5, 0.6) is 0 Å². The van der Waals surface area contributed by atoms with Gasteiger partial charge in [-0.2, -0.15) is 0 Å². The summed E-state index contributed by atoms with van der Waals surface area (Å²) in [6, 6.07) is 0.403. The molecule has 0 radical (unpaired) electrons. The fraction of sp³-hybridized carbons (Fsp3) is 0.933. The molecule has 2 fully saturated rings. The van der Waals surface area contributed by atoms with E-state index in [1.54, 1.807) is 0 Å². The summed E-state index contributed by atoms with van der Waals surface area (Å²) in [7, 11) is 0. The molecule has 4 nitrogen and oxygen atoms in total. The number of ether oxygens (including phenoxy) is 1. The van der Waals surface area contributed by atoms with Crippen molar-refractivity contribution in [2.75, 3.05) is 26.3 Å². The minimum Gasteiger partial charge on any atom is -0.382 e. The quantitative estimate of drug-likeness (QED) is 0.660. The average molecular weight is 268 g/mol. The first-order chi connectivity index (χ1) is 9.24. The van der Waals surface area contributed by atoms with Gasteiger partial charge in [0.25, 0.3) is 0 Å². The molecule has 0 aromatic carbocycles. The van der Waals surface area contributed by atoms with Gasteiger partial charge in [-0.1, -0.05) is 6.42 Å². The number of nitrogens with one attached hydrogen (secondary N) is 2. The van der Waals surface area contributed by atoms with E-state index in [4.69, 9.17) is 4.74 Å². The molecule has 2 N–H and O–H groups in total. The smallest absolute Gasteiger partial charge is 0.221 e. The van der Waals surface area contributed by atoms with Crippen molar-refractivity contribution in [2.24, 2.45) is 5.41 Å². The zero-order chi connectivity index (χ0) is 13.6. The van der Waals surface area contributed by atoms with Crippen LogP contribution >= 0.6 is 0 Å². The van der Waals surface area contributed by atoms with E-state index in [-0.39, 0.29) is 5.91 Å². The summed E-state index contributed by atoms with van der Waals surface area (Å²) < 4.78 is 5.46. The Kier molecular flexibility index (Phi) is 5.64. The van der Waals surface area contributed by atoms with Gasteiger partial charge in [-0.25, -0.2) is 0 Å². The van der Waals surface area contributed by atoms with Gasteiger partial charge in [-0.15, -0.1) is 0 Å². The lowest BCUT2D eigenvalue weighted by Gasteiger charge is -2.42. The summed E-state index contributed by atoms with van der Waals surface area (Å²) in [6.07, 6.45) is 7.85. The van der Waals surface area contributed by atoms with Crippen LogP contribution in [0.3, 0.4) is 0 Å². The van der Waals surface area contributed by atoms with E-state index in [0.717, 1.165) is 39.1 Å². The highest BCUT2D eigenvalue weighted by atomic mass is 16.5. The van der Waals surface area contributed by atoms with E-state index in [1.165, 1.54) is 25.7 Å². The SMILES string of the molecule is CCOCCC1(CNC(=O)CC2CCCN2)CCC1. The fourth-order valence-corrected chi connectivity index (χ4v) is 3.14. The van der Waals surface area contributed by atoms with E-state index < -0.39 is 0 Å². The van der Waals surface area contributed by atoms with Gasteiger partial charge >= 0.3 is 0 Å². The van der Waals surface area contributed by atoms with E-state index >= 15 is 0 Å². The third-order valence-electron chi connectivity index (χ3n) is 4.65. The Balaban J connectivity index is 1.65. The minimum absolute atomic E-state index is 0.210. The summed E-state index contributed by atoms with van der Waals surface area (Å²) in [5.41, 5.74) is 0.327. The lowest BCUT2D eigenvalue weighted by atomic mass is 9.66. The largest absolute Gasteiger partial charge is 0.382 e. The molecule has 0 aromatic heterocycles. The molecular weight excluding hydrogens is 240 g/mol. The Labute approximate surface area is 116 Å². The Morgan fingerprint density at radius 1 is 1.42 bits per heavy atom. The molecule has 0 bridgehead atoms. The van der Waals surface area contributed by atoms with Crippen molar-refractivity contribution in [3.63, 3.8) is 0 Å². The van der Waals surface area contributed by atoms with Crippen LogP contribution in [0.15, 0.2) is 0 Å². The van der Waals surface area contributed by atoms with Crippen LogP contribution in [-0.2, 0) is 9.53 Å². The standard InChI is InChI=1S/C15H28N2O2/c1-2-19-10-8-15(6-4-7-15)12-17-14(18)11-13-5-3-9-16-13/h13,16H,2-12H2,1H3,(H,17,18). The first-order valence-electron chi connectivity index (χ1n) is 7.82. The van der Waals surface area contributed by atoms with Gasteiger partial charge in [0.2, 0.25) is 5.91 Å². The van der Waals surface area contributed by atoms with E-state index in [2.05, 4.69) is 10.6 Å². The van der Waals surface area contributed by atoms with Crippen molar-refractivity contribution in [3.8, 4) is 0 Å². The minimum atomic E-state index is 0.210. The number of amides is 1. The van der Waals surface area contributed by atoms with Gasteiger partial charge in [0, 0.05) is 32.2 Å². The van der Waals surface area contributed by atoms with Crippen LogP contribution in [-0.4, -0.2) is 38.3 Å². The first kappa shape index (κ1) is 14.8. The molecule has 1 heterocycles. The van der Waals surface area contributed by atoms with Gasteiger partial charge in [0.15, 0.2) is 0 Å². The second-order valence-electron chi connectivity index (χ2n) is 6.07. The zero-order valence-electron chi connectivity index (χ0n) is 12.2. The van der Waals surface area contributed by atoms with E-state index in [0.29, 0.717) is 17.9 Å². The molecule has 1 unspecified atom stereocenters. The van der Waals surface area contributed by atoms with Gasteiger partial charge in [0.1, 0.15) is 0 Å². The van der Waals surface area contributed by atoms with Crippen LogP contribution in [0, 0.1) is 5.41 Å². The third-order valence-corrected chi connectivity index (χ3v) is 4.65. The Morgan fingerprint density at radius 2 is 2.26 bits per heavy atom. The number of hydrogen-bond donors (Lipinski definition) is 2. The molecule has 0 spiro atoms. The van der Waals surface area contributed by atoms with Crippen LogP contribution < -0.4 is 10.6 Å². The van der Waals surface area contributed by atoms with Crippen molar-refractivity contribution < 1.29 is 9.53 Å². The van der Waals surface area contributed by atoms with Gasteiger partial charge in [0.05, 0.1) is 0 Å². The molecule has 2 aliphatic rings. The number of rotatable bonds is 8. The van der Waals surface area contributed by atoms with Crippen LogP contribution in [0.2, 0.25) is 0 Å². The molecule has 1 aliphatic heterocycles. The molecule has 110 valence electrons. The molecule has 1 amide bonds. The zero-order valence-corrected chi connectivity index (χ0v) is 12.2. The Bertz CT molecular complexity index is 284. The maximum Gasteiger partial charge on any atom is 0.221 e. The number of carbonyl (C=O) groups is 1. The van der Waals surface area contributed by atoms with Crippen molar-refractivity contribution in [1.29, 1.82) is 0 Å². The molecule has 4 heteroatoms. The van der Waals surface area contributed by atoms with Crippen molar-refractivity contribution in [3.05, 3.63) is 0 Å². The lowest BCUT2D eigenvalue weighted by Crippen LogP contribution is -2.44. The summed E-state index contributed by atoms with van der Waals surface area (Å²) in [5.74, 6) is 0.210. The summed E-state index contributed by atoms with van der Waals surface area (Å²) in [4.78, 5) is 11.9. The summed E-state index contributed by atoms with van der Waals surface area (Å²) in [5, 5.41) is 6.52. The first-order valence-corrected chi connectivity index (χ1v) is 7.82. The fourth-order valence-electron chi connectivity index (χ4n) is 3.14. The van der Waals surface area contributed by atoms with Crippen LogP contribution in [0.1, 0.15) is 51.9 Å². The second kappa shape index (κ2) is 7.25. The second-order valence-corrected chi connectivity index (χ2v) is 6.07.